The zero-order chi connectivity index (χ0) is 16.8. The third kappa shape index (κ3) is 3.84. The van der Waals surface area contributed by atoms with Gasteiger partial charge in [0.05, 0.1) is 6.04 Å². The highest BCUT2D eigenvalue weighted by atomic mass is 16.6. The Morgan fingerprint density at radius 2 is 1.75 bits per heavy atom. The predicted molar refractivity (Wildman–Crippen MR) is 93.7 cm³/mol. The van der Waals surface area contributed by atoms with E-state index in [9.17, 15) is 4.79 Å². The Morgan fingerprint density at radius 3 is 2.46 bits per heavy atom. The Hall–Kier alpha value is -3.01. The van der Waals surface area contributed by atoms with Gasteiger partial charge in [-0.05, 0) is 24.1 Å². The van der Waals surface area contributed by atoms with E-state index in [0.29, 0.717) is 0 Å². The lowest BCUT2D eigenvalue weighted by atomic mass is 10.1. The van der Waals surface area contributed by atoms with Gasteiger partial charge in [-0.15, -0.1) is 0 Å². The minimum absolute atomic E-state index is 0.0226. The number of amides is 1. The largest absolute Gasteiger partial charge is 0.444 e. The third-order valence-electron chi connectivity index (χ3n) is 3.85. The zero-order valence-electron chi connectivity index (χ0n) is 13.6. The van der Waals surface area contributed by atoms with Crippen molar-refractivity contribution in [1.29, 1.82) is 0 Å². The lowest BCUT2D eigenvalue weighted by Gasteiger charge is -2.18. The van der Waals surface area contributed by atoms with Gasteiger partial charge in [-0.25, -0.2) is 4.79 Å². The first-order chi connectivity index (χ1) is 11.7. The van der Waals surface area contributed by atoms with Crippen LogP contribution in [0.2, 0.25) is 0 Å². The molecule has 1 aliphatic rings. The number of carbonyl (C=O) groups is 1. The summed E-state index contributed by atoms with van der Waals surface area (Å²) < 4.78 is 5.40. The molecule has 0 bridgehead atoms. The standard InChI is InChI=1S/C20H20N2O2/c1-16-14-19(18-10-6-3-7-11-18)21-12-13-22(16)20(23)24-15-17-8-4-2-5-9-17/h2-14,19,21H,15H2,1H3. The highest BCUT2D eigenvalue weighted by Crippen LogP contribution is 2.21. The van der Waals surface area contributed by atoms with Gasteiger partial charge in [0.25, 0.3) is 0 Å². The first-order valence-corrected chi connectivity index (χ1v) is 7.90. The van der Waals surface area contributed by atoms with Gasteiger partial charge >= 0.3 is 6.09 Å². The number of rotatable bonds is 3. The van der Waals surface area contributed by atoms with Crippen molar-refractivity contribution in [2.75, 3.05) is 0 Å². The number of benzene rings is 2. The molecular weight excluding hydrogens is 300 g/mol. The molecule has 1 N–H and O–H groups in total. The zero-order valence-corrected chi connectivity index (χ0v) is 13.6. The summed E-state index contributed by atoms with van der Waals surface area (Å²) in [6, 6.07) is 19.8. The Bertz CT molecular complexity index is 739. The Kier molecular flexibility index (Phi) is 4.96. The molecule has 24 heavy (non-hydrogen) atoms. The summed E-state index contributed by atoms with van der Waals surface area (Å²) in [7, 11) is 0. The van der Waals surface area contributed by atoms with Crippen LogP contribution in [-0.4, -0.2) is 11.0 Å². The molecule has 1 heterocycles. The summed E-state index contributed by atoms with van der Waals surface area (Å²) in [5.74, 6) is 0. The van der Waals surface area contributed by atoms with E-state index in [4.69, 9.17) is 4.74 Å². The van der Waals surface area contributed by atoms with E-state index in [-0.39, 0.29) is 18.7 Å². The van der Waals surface area contributed by atoms with Gasteiger partial charge in [-0.3, -0.25) is 4.90 Å². The van der Waals surface area contributed by atoms with Crippen LogP contribution in [0.1, 0.15) is 24.1 Å². The minimum Gasteiger partial charge on any atom is -0.444 e. The molecule has 2 aromatic carbocycles. The molecule has 1 aliphatic heterocycles. The fourth-order valence-electron chi connectivity index (χ4n) is 2.55. The number of nitrogens with zero attached hydrogens (tertiary/aromatic N) is 1. The first kappa shape index (κ1) is 15.9. The van der Waals surface area contributed by atoms with Crippen molar-refractivity contribution >= 4 is 6.09 Å². The average Bonchev–Trinajstić information content (AvgIpc) is 2.83. The molecule has 0 fully saturated rings. The van der Waals surface area contributed by atoms with E-state index in [1.54, 1.807) is 12.4 Å². The lowest BCUT2D eigenvalue weighted by molar-refractivity contribution is 0.118. The van der Waals surface area contributed by atoms with Crippen LogP contribution in [0.3, 0.4) is 0 Å². The maximum absolute atomic E-state index is 12.4. The molecule has 0 spiro atoms. The van der Waals surface area contributed by atoms with Crippen LogP contribution in [0.4, 0.5) is 4.79 Å². The van der Waals surface area contributed by atoms with Crippen molar-refractivity contribution in [3.63, 3.8) is 0 Å². The van der Waals surface area contributed by atoms with Crippen LogP contribution >= 0.6 is 0 Å². The van der Waals surface area contributed by atoms with Gasteiger partial charge in [-0.1, -0.05) is 60.7 Å². The molecule has 0 radical (unpaired) electrons. The highest BCUT2D eigenvalue weighted by molar-refractivity contribution is 5.71. The average molecular weight is 320 g/mol. The van der Waals surface area contributed by atoms with E-state index >= 15 is 0 Å². The molecule has 4 nitrogen and oxygen atoms in total. The molecule has 0 saturated carbocycles. The normalized spacial score (nSPS) is 16.8. The summed E-state index contributed by atoms with van der Waals surface area (Å²) in [6.07, 6.45) is 5.09. The summed E-state index contributed by atoms with van der Waals surface area (Å²) >= 11 is 0. The van der Waals surface area contributed by atoms with E-state index in [1.165, 1.54) is 4.90 Å². The van der Waals surface area contributed by atoms with Gasteiger partial charge < -0.3 is 10.1 Å². The summed E-state index contributed by atoms with van der Waals surface area (Å²) in [6.45, 7) is 2.16. The number of hydrogen-bond donors (Lipinski definition) is 1. The lowest BCUT2D eigenvalue weighted by Crippen LogP contribution is -2.24. The number of allylic oxidation sites excluding steroid dienone is 1. The van der Waals surface area contributed by atoms with Crippen molar-refractivity contribution in [3.8, 4) is 0 Å². The minimum atomic E-state index is -0.389. The van der Waals surface area contributed by atoms with Crippen LogP contribution in [-0.2, 0) is 11.3 Å². The van der Waals surface area contributed by atoms with Gasteiger partial charge in [-0.2, -0.15) is 0 Å². The van der Waals surface area contributed by atoms with Crippen molar-refractivity contribution in [2.24, 2.45) is 0 Å². The second-order valence-electron chi connectivity index (χ2n) is 5.59. The molecule has 1 unspecified atom stereocenters. The fraction of sp³-hybridized carbons (Fsp3) is 0.150. The Balaban J connectivity index is 1.68. The molecule has 0 aliphatic carbocycles. The molecule has 3 rings (SSSR count). The second-order valence-corrected chi connectivity index (χ2v) is 5.59. The summed E-state index contributed by atoms with van der Waals surface area (Å²) in [5, 5.41) is 3.28. The van der Waals surface area contributed by atoms with Crippen molar-refractivity contribution in [2.45, 2.75) is 19.6 Å². The number of ether oxygens (including phenoxy) is 1. The maximum atomic E-state index is 12.4. The fourth-order valence-corrected chi connectivity index (χ4v) is 2.55. The van der Waals surface area contributed by atoms with Gasteiger partial charge in [0, 0.05) is 18.1 Å². The predicted octanol–water partition coefficient (Wildman–Crippen LogP) is 4.34. The van der Waals surface area contributed by atoms with Crippen LogP contribution in [0.15, 0.2) is 84.8 Å². The summed E-state index contributed by atoms with van der Waals surface area (Å²) in [4.78, 5) is 13.9. The quantitative estimate of drug-likeness (QED) is 0.914. The van der Waals surface area contributed by atoms with E-state index in [2.05, 4.69) is 17.4 Å². The number of nitrogens with one attached hydrogen (secondary N) is 1. The SMILES string of the molecule is CC1=CC(c2ccccc2)NC=CN1C(=O)OCc1ccccc1. The smallest absolute Gasteiger partial charge is 0.418 e. The molecule has 122 valence electrons. The van der Waals surface area contributed by atoms with E-state index in [0.717, 1.165) is 16.8 Å². The molecule has 1 amide bonds. The number of carbonyl (C=O) groups excluding carboxylic acids is 1. The molecule has 1 atom stereocenters. The Labute approximate surface area is 142 Å². The van der Waals surface area contributed by atoms with Crippen molar-refractivity contribution < 1.29 is 9.53 Å². The topological polar surface area (TPSA) is 41.6 Å². The molecule has 4 heteroatoms. The Morgan fingerprint density at radius 1 is 1.08 bits per heavy atom. The monoisotopic (exact) mass is 320 g/mol. The number of hydrogen-bond acceptors (Lipinski definition) is 3. The second kappa shape index (κ2) is 7.51. The van der Waals surface area contributed by atoms with Gasteiger partial charge in [0.2, 0.25) is 0 Å². The molecular formula is C20H20N2O2. The molecule has 2 aromatic rings. The van der Waals surface area contributed by atoms with Gasteiger partial charge in [0.15, 0.2) is 0 Å². The molecule has 0 saturated heterocycles. The van der Waals surface area contributed by atoms with Crippen LogP contribution in [0.25, 0.3) is 0 Å². The molecule has 0 aromatic heterocycles. The van der Waals surface area contributed by atoms with Crippen LogP contribution in [0.5, 0.6) is 0 Å². The van der Waals surface area contributed by atoms with Crippen LogP contribution < -0.4 is 5.32 Å². The van der Waals surface area contributed by atoms with Crippen molar-refractivity contribution in [3.05, 3.63) is 96.0 Å². The maximum Gasteiger partial charge on any atom is 0.418 e. The van der Waals surface area contributed by atoms with Crippen LogP contribution in [0, 0.1) is 0 Å². The third-order valence-corrected chi connectivity index (χ3v) is 3.85. The van der Waals surface area contributed by atoms with Gasteiger partial charge in [0.1, 0.15) is 6.61 Å². The highest BCUT2D eigenvalue weighted by Gasteiger charge is 2.19. The first-order valence-electron chi connectivity index (χ1n) is 7.90. The van der Waals surface area contributed by atoms with E-state index < -0.39 is 0 Å². The summed E-state index contributed by atoms with van der Waals surface area (Å²) in [5.41, 5.74) is 2.93. The van der Waals surface area contributed by atoms with E-state index in [1.807, 2.05) is 61.5 Å². The van der Waals surface area contributed by atoms with Crippen molar-refractivity contribution in [1.82, 2.24) is 10.2 Å².